The minimum Gasteiger partial charge on any atom is -0.543 e. The zero-order valence-corrected chi connectivity index (χ0v) is 11.7. The van der Waals surface area contributed by atoms with Gasteiger partial charge in [-0.3, -0.25) is 4.79 Å². The van der Waals surface area contributed by atoms with Crippen molar-refractivity contribution in [1.82, 2.24) is 5.32 Å². The van der Waals surface area contributed by atoms with Crippen LogP contribution >= 0.6 is 0 Å². The lowest BCUT2D eigenvalue weighted by atomic mass is 10.2. The third kappa shape index (κ3) is 4.45. The second kappa shape index (κ2) is 7.59. The lowest BCUT2D eigenvalue weighted by molar-refractivity contribution is -0.299. The van der Waals surface area contributed by atoms with Crippen LogP contribution in [0.1, 0.15) is 15.9 Å². The Morgan fingerprint density at radius 2 is 1.50 bits per heavy atom. The number of carbonyl (C=O) groups is 2. The lowest BCUT2D eigenvalue weighted by Gasteiger charge is -2.10. The normalized spacial score (nSPS) is 11.4. The molecule has 2 aromatic rings. The first-order valence-electron chi connectivity index (χ1n) is 6.68. The maximum atomic E-state index is 11.9. The number of allylic oxidation sites excluding steroid dienone is 2. The monoisotopic (exact) mass is 292 g/mol. The molecular weight excluding hydrogens is 278 g/mol. The Morgan fingerprint density at radius 1 is 0.909 bits per heavy atom. The molecule has 4 heteroatoms. The molecule has 2 aromatic carbocycles. The van der Waals surface area contributed by atoms with Crippen molar-refractivity contribution in [2.45, 2.75) is 0 Å². The summed E-state index contributed by atoms with van der Waals surface area (Å²) in [5.41, 5.74) is 1.01. The van der Waals surface area contributed by atoms with E-state index in [-0.39, 0.29) is 5.70 Å². The largest absolute Gasteiger partial charge is 0.543 e. The van der Waals surface area contributed by atoms with Crippen molar-refractivity contribution in [3.8, 4) is 0 Å². The van der Waals surface area contributed by atoms with Crippen LogP contribution in [0.3, 0.4) is 0 Å². The van der Waals surface area contributed by atoms with Gasteiger partial charge in [0, 0.05) is 5.56 Å². The highest BCUT2D eigenvalue weighted by molar-refractivity contribution is 6.00. The zero-order chi connectivity index (χ0) is 15.8. The minimum atomic E-state index is -1.44. The number of aliphatic carboxylic acids is 1. The van der Waals surface area contributed by atoms with Crippen molar-refractivity contribution < 1.29 is 14.7 Å². The number of carboxylic acids is 1. The van der Waals surface area contributed by atoms with Gasteiger partial charge in [0.05, 0.1) is 11.7 Å². The van der Waals surface area contributed by atoms with Crippen LogP contribution in [0, 0.1) is 0 Å². The molecule has 0 atom stereocenters. The molecule has 0 spiro atoms. The summed E-state index contributed by atoms with van der Waals surface area (Å²) in [7, 11) is 0. The van der Waals surface area contributed by atoms with Crippen molar-refractivity contribution >= 4 is 18.0 Å². The smallest absolute Gasteiger partial charge is 0.255 e. The van der Waals surface area contributed by atoms with Crippen LogP contribution in [0.15, 0.2) is 78.5 Å². The van der Waals surface area contributed by atoms with Gasteiger partial charge in [-0.15, -0.1) is 0 Å². The van der Waals surface area contributed by atoms with Crippen molar-refractivity contribution in [2.24, 2.45) is 0 Å². The van der Waals surface area contributed by atoms with E-state index in [1.165, 1.54) is 6.08 Å². The average molecular weight is 292 g/mol. The highest BCUT2D eigenvalue weighted by Gasteiger charge is 2.06. The van der Waals surface area contributed by atoms with E-state index in [4.69, 9.17) is 0 Å². The number of benzene rings is 2. The average Bonchev–Trinajstić information content (AvgIpc) is 2.55. The van der Waals surface area contributed by atoms with Crippen LogP contribution < -0.4 is 10.4 Å². The highest BCUT2D eigenvalue weighted by atomic mass is 16.4. The minimum absolute atomic E-state index is 0.291. The van der Waals surface area contributed by atoms with E-state index in [0.29, 0.717) is 5.56 Å². The third-order valence-electron chi connectivity index (χ3n) is 2.86. The Balaban J connectivity index is 2.10. The van der Waals surface area contributed by atoms with Crippen LogP contribution in [0.5, 0.6) is 0 Å². The quantitative estimate of drug-likeness (QED) is 0.674. The van der Waals surface area contributed by atoms with Gasteiger partial charge in [0.15, 0.2) is 0 Å². The molecule has 0 aliphatic carbocycles. The molecule has 0 saturated carbocycles. The summed E-state index contributed by atoms with van der Waals surface area (Å²) in [6, 6.07) is 17.8. The molecule has 0 aliphatic rings. The molecule has 0 saturated heterocycles. The number of carboxylic acid groups (broad SMARTS) is 1. The van der Waals surface area contributed by atoms with Crippen LogP contribution in [-0.2, 0) is 4.79 Å². The van der Waals surface area contributed by atoms with Gasteiger partial charge in [0.2, 0.25) is 0 Å². The highest BCUT2D eigenvalue weighted by Crippen LogP contribution is 2.03. The van der Waals surface area contributed by atoms with Gasteiger partial charge in [-0.1, -0.05) is 60.7 Å². The first-order valence-corrected chi connectivity index (χ1v) is 6.68. The van der Waals surface area contributed by atoms with Crippen molar-refractivity contribution in [3.05, 3.63) is 89.6 Å². The molecule has 0 fully saturated rings. The molecule has 110 valence electrons. The van der Waals surface area contributed by atoms with Crippen LogP contribution in [0.4, 0.5) is 0 Å². The van der Waals surface area contributed by atoms with Crippen LogP contribution in [0.2, 0.25) is 0 Å². The Morgan fingerprint density at radius 3 is 2.09 bits per heavy atom. The molecular formula is C18H14NO3-. The van der Waals surface area contributed by atoms with Gasteiger partial charge in [0.1, 0.15) is 0 Å². The standard InChI is InChI=1S/C18H15NO3/c20-17(15-11-5-2-6-12-15)19-16(18(21)22)13-7-10-14-8-3-1-4-9-14/h1-13H,(H,19,20)(H,21,22)/p-1/b10-7+,16-13+. The fourth-order valence-corrected chi connectivity index (χ4v) is 1.76. The van der Waals surface area contributed by atoms with Gasteiger partial charge >= 0.3 is 0 Å². The molecule has 22 heavy (non-hydrogen) atoms. The number of hydrogen-bond acceptors (Lipinski definition) is 3. The van der Waals surface area contributed by atoms with E-state index >= 15 is 0 Å². The first-order chi connectivity index (χ1) is 10.7. The summed E-state index contributed by atoms with van der Waals surface area (Å²) in [5.74, 6) is -1.94. The summed E-state index contributed by atoms with van der Waals surface area (Å²) in [5, 5.41) is 13.4. The van der Waals surface area contributed by atoms with E-state index in [2.05, 4.69) is 5.32 Å². The van der Waals surface area contributed by atoms with E-state index in [0.717, 1.165) is 5.56 Å². The summed E-state index contributed by atoms with van der Waals surface area (Å²) in [6.07, 6.45) is 4.58. The number of rotatable bonds is 5. The van der Waals surface area contributed by atoms with E-state index in [9.17, 15) is 14.7 Å². The summed E-state index contributed by atoms with van der Waals surface area (Å²) >= 11 is 0. The van der Waals surface area contributed by atoms with Crippen LogP contribution in [0.25, 0.3) is 6.08 Å². The molecule has 0 aliphatic heterocycles. The van der Waals surface area contributed by atoms with Crippen molar-refractivity contribution in [1.29, 1.82) is 0 Å². The fraction of sp³-hybridized carbons (Fsp3) is 0. The number of hydrogen-bond donors (Lipinski definition) is 1. The van der Waals surface area contributed by atoms with E-state index < -0.39 is 11.9 Å². The van der Waals surface area contributed by atoms with Gasteiger partial charge < -0.3 is 15.2 Å². The summed E-state index contributed by atoms with van der Waals surface area (Å²) in [6.45, 7) is 0. The zero-order valence-electron chi connectivity index (χ0n) is 11.7. The van der Waals surface area contributed by atoms with Gasteiger partial charge in [-0.2, -0.15) is 0 Å². The predicted octanol–water partition coefficient (Wildman–Crippen LogP) is 1.76. The van der Waals surface area contributed by atoms with Crippen molar-refractivity contribution in [3.63, 3.8) is 0 Å². The Kier molecular flexibility index (Phi) is 5.26. The molecule has 0 bridgehead atoms. The molecule has 0 aromatic heterocycles. The summed E-state index contributed by atoms with van der Waals surface area (Å²) in [4.78, 5) is 23.0. The van der Waals surface area contributed by atoms with E-state index in [1.807, 2.05) is 30.3 Å². The SMILES string of the molecule is O=C([O-])/C(=C\C=C\c1ccccc1)NC(=O)c1ccccc1. The van der Waals surface area contributed by atoms with Crippen molar-refractivity contribution in [2.75, 3.05) is 0 Å². The molecule has 1 N–H and O–H groups in total. The molecule has 2 rings (SSSR count). The van der Waals surface area contributed by atoms with Gasteiger partial charge in [-0.25, -0.2) is 0 Å². The van der Waals surface area contributed by atoms with E-state index in [1.54, 1.807) is 42.5 Å². The second-order valence-electron chi connectivity index (χ2n) is 4.46. The maximum absolute atomic E-state index is 11.9. The second-order valence-corrected chi connectivity index (χ2v) is 4.46. The third-order valence-corrected chi connectivity index (χ3v) is 2.86. The topological polar surface area (TPSA) is 69.2 Å². The lowest BCUT2D eigenvalue weighted by Crippen LogP contribution is -2.35. The molecule has 4 nitrogen and oxygen atoms in total. The van der Waals surface area contributed by atoms with Crippen LogP contribution in [-0.4, -0.2) is 11.9 Å². The number of nitrogens with one attached hydrogen (secondary N) is 1. The van der Waals surface area contributed by atoms with Gasteiger partial charge in [-0.05, 0) is 23.8 Å². The molecule has 0 heterocycles. The number of amides is 1. The molecule has 1 amide bonds. The molecule has 0 radical (unpaired) electrons. The first kappa shape index (κ1) is 15.3. The molecule has 0 unspecified atom stereocenters. The van der Waals surface area contributed by atoms with Gasteiger partial charge in [0.25, 0.3) is 5.91 Å². The Labute approximate surface area is 128 Å². The Bertz CT molecular complexity index is 704. The fourth-order valence-electron chi connectivity index (χ4n) is 1.76. The summed E-state index contributed by atoms with van der Waals surface area (Å²) < 4.78 is 0. The Hall–Kier alpha value is -3.14. The maximum Gasteiger partial charge on any atom is 0.255 e. The predicted molar refractivity (Wildman–Crippen MR) is 82.5 cm³/mol. The number of carbonyl (C=O) groups excluding carboxylic acids is 2.